The first-order valence-corrected chi connectivity index (χ1v) is 7.83. The molecule has 2 rings (SSSR count). The number of morpholine rings is 1. The predicted octanol–water partition coefficient (Wildman–Crippen LogP) is 2.82. The van der Waals surface area contributed by atoms with Crippen LogP contribution in [-0.4, -0.2) is 41.8 Å². The number of hydrogen-bond donors (Lipinski definition) is 1. The minimum atomic E-state index is -0.0681. The highest BCUT2D eigenvalue weighted by Gasteiger charge is 2.27. The van der Waals surface area contributed by atoms with Crippen molar-refractivity contribution < 1.29 is 4.74 Å². The molecule has 0 saturated carbocycles. The fraction of sp³-hybridized carbons (Fsp3) is 0.750. The van der Waals surface area contributed by atoms with Gasteiger partial charge in [-0.1, -0.05) is 20.8 Å². The molecule has 0 aliphatic carbocycles. The van der Waals surface area contributed by atoms with Gasteiger partial charge in [0, 0.05) is 24.6 Å². The summed E-state index contributed by atoms with van der Waals surface area (Å²) < 4.78 is 5.72. The molecule has 5 nitrogen and oxygen atoms in total. The summed E-state index contributed by atoms with van der Waals surface area (Å²) in [5.41, 5.74) is -0.0681. The van der Waals surface area contributed by atoms with E-state index in [0.29, 0.717) is 6.04 Å². The number of hydrogen-bond acceptors (Lipinski definition) is 5. The smallest absolute Gasteiger partial charge is 0.138 e. The third-order valence-corrected chi connectivity index (χ3v) is 3.64. The van der Waals surface area contributed by atoms with Crippen LogP contribution in [0.5, 0.6) is 0 Å². The molecule has 1 N–H and O–H groups in total. The van der Waals surface area contributed by atoms with Crippen LogP contribution in [0, 0.1) is 0 Å². The highest BCUT2D eigenvalue weighted by atomic mass is 16.5. The standard InChI is InChI=1S/C16H28N4O/c1-7-17-13-8-14(19-15(18-13)16(4,5)6)20-9-12(3)21-10-11(20)2/h8,11-12H,7,9-10H2,1-6H3,(H,17,18,19). The number of ether oxygens (including phenoxy) is 1. The highest BCUT2D eigenvalue weighted by Crippen LogP contribution is 2.26. The Morgan fingerprint density at radius 3 is 2.67 bits per heavy atom. The molecule has 0 bridgehead atoms. The van der Waals surface area contributed by atoms with Crippen molar-refractivity contribution in [2.75, 3.05) is 29.9 Å². The summed E-state index contributed by atoms with van der Waals surface area (Å²) >= 11 is 0. The number of anilines is 2. The molecule has 2 atom stereocenters. The lowest BCUT2D eigenvalue weighted by molar-refractivity contribution is 0.0340. The maximum absolute atomic E-state index is 5.72. The predicted molar refractivity (Wildman–Crippen MR) is 87.1 cm³/mol. The van der Waals surface area contributed by atoms with Gasteiger partial charge in [0.2, 0.25) is 0 Å². The molecule has 0 spiro atoms. The molecule has 118 valence electrons. The lowest BCUT2D eigenvalue weighted by atomic mass is 9.95. The Balaban J connectivity index is 2.39. The minimum Gasteiger partial charge on any atom is -0.375 e. The Bertz CT molecular complexity index is 484. The van der Waals surface area contributed by atoms with E-state index in [0.717, 1.165) is 37.2 Å². The Kier molecular flexibility index (Phi) is 4.71. The summed E-state index contributed by atoms with van der Waals surface area (Å²) in [6.45, 7) is 15.3. The molecule has 2 unspecified atom stereocenters. The van der Waals surface area contributed by atoms with Gasteiger partial charge in [-0.05, 0) is 20.8 Å². The zero-order valence-electron chi connectivity index (χ0n) is 14.1. The molecule has 1 aliphatic heterocycles. The molecule has 1 fully saturated rings. The van der Waals surface area contributed by atoms with E-state index in [1.54, 1.807) is 0 Å². The summed E-state index contributed by atoms with van der Waals surface area (Å²) in [4.78, 5) is 11.8. The SMILES string of the molecule is CCNc1cc(N2CC(C)OCC2C)nc(C(C)(C)C)n1. The first-order chi connectivity index (χ1) is 9.81. The lowest BCUT2D eigenvalue weighted by Crippen LogP contribution is -2.48. The van der Waals surface area contributed by atoms with E-state index in [9.17, 15) is 0 Å². The second kappa shape index (κ2) is 6.18. The molecular formula is C16H28N4O. The average Bonchev–Trinajstić information content (AvgIpc) is 2.40. The number of nitrogens with zero attached hydrogens (tertiary/aromatic N) is 3. The number of aromatic nitrogens is 2. The first kappa shape index (κ1) is 16.0. The largest absolute Gasteiger partial charge is 0.375 e. The summed E-state index contributed by atoms with van der Waals surface area (Å²) in [6, 6.07) is 2.38. The van der Waals surface area contributed by atoms with Crippen LogP contribution in [0.4, 0.5) is 11.6 Å². The van der Waals surface area contributed by atoms with Gasteiger partial charge in [-0.2, -0.15) is 0 Å². The van der Waals surface area contributed by atoms with Crippen LogP contribution in [-0.2, 0) is 10.2 Å². The van der Waals surface area contributed by atoms with Gasteiger partial charge in [0.25, 0.3) is 0 Å². The monoisotopic (exact) mass is 292 g/mol. The van der Waals surface area contributed by atoms with Crippen molar-refractivity contribution in [2.45, 2.75) is 59.1 Å². The molecule has 5 heteroatoms. The van der Waals surface area contributed by atoms with Crippen molar-refractivity contribution >= 4 is 11.6 Å². The van der Waals surface area contributed by atoms with E-state index in [-0.39, 0.29) is 11.5 Å². The van der Waals surface area contributed by atoms with Crippen LogP contribution in [0.1, 0.15) is 47.4 Å². The van der Waals surface area contributed by atoms with Crippen LogP contribution < -0.4 is 10.2 Å². The van der Waals surface area contributed by atoms with Gasteiger partial charge in [-0.3, -0.25) is 0 Å². The maximum atomic E-state index is 5.72. The highest BCUT2D eigenvalue weighted by molar-refractivity contribution is 5.51. The Hall–Kier alpha value is -1.36. The zero-order chi connectivity index (χ0) is 15.6. The van der Waals surface area contributed by atoms with Crippen molar-refractivity contribution in [3.63, 3.8) is 0 Å². The average molecular weight is 292 g/mol. The third-order valence-electron chi connectivity index (χ3n) is 3.64. The van der Waals surface area contributed by atoms with E-state index in [4.69, 9.17) is 9.72 Å². The maximum Gasteiger partial charge on any atom is 0.138 e. The Morgan fingerprint density at radius 2 is 2.05 bits per heavy atom. The van der Waals surface area contributed by atoms with Crippen LogP contribution in [0.3, 0.4) is 0 Å². The Morgan fingerprint density at radius 1 is 1.33 bits per heavy atom. The van der Waals surface area contributed by atoms with Gasteiger partial charge in [0.1, 0.15) is 17.5 Å². The molecule has 2 heterocycles. The van der Waals surface area contributed by atoms with Crippen molar-refractivity contribution in [3.8, 4) is 0 Å². The molecule has 1 aliphatic rings. The number of nitrogens with one attached hydrogen (secondary N) is 1. The first-order valence-electron chi connectivity index (χ1n) is 7.83. The summed E-state index contributed by atoms with van der Waals surface area (Å²) in [5, 5.41) is 3.32. The molecule has 0 amide bonds. The summed E-state index contributed by atoms with van der Waals surface area (Å²) in [7, 11) is 0. The zero-order valence-corrected chi connectivity index (χ0v) is 14.1. The van der Waals surface area contributed by atoms with Crippen LogP contribution in [0.2, 0.25) is 0 Å². The Labute approximate surface area is 128 Å². The van der Waals surface area contributed by atoms with Gasteiger partial charge in [0.15, 0.2) is 0 Å². The van der Waals surface area contributed by atoms with E-state index in [1.165, 1.54) is 0 Å². The fourth-order valence-electron chi connectivity index (χ4n) is 2.41. The summed E-state index contributed by atoms with van der Waals surface area (Å²) in [5.74, 6) is 2.77. The molecule has 21 heavy (non-hydrogen) atoms. The topological polar surface area (TPSA) is 50.3 Å². The van der Waals surface area contributed by atoms with Crippen molar-refractivity contribution in [3.05, 3.63) is 11.9 Å². The van der Waals surface area contributed by atoms with Crippen molar-refractivity contribution in [1.29, 1.82) is 0 Å². The second-order valence-corrected chi connectivity index (χ2v) is 6.86. The van der Waals surface area contributed by atoms with Crippen LogP contribution in [0.25, 0.3) is 0 Å². The lowest BCUT2D eigenvalue weighted by Gasteiger charge is -2.38. The van der Waals surface area contributed by atoms with Gasteiger partial charge in [0.05, 0.1) is 18.8 Å². The second-order valence-electron chi connectivity index (χ2n) is 6.86. The minimum absolute atomic E-state index is 0.0681. The summed E-state index contributed by atoms with van der Waals surface area (Å²) in [6.07, 6.45) is 0.233. The van der Waals surface area contributed by atoms with Crippen molar-refractivity contribution in [2.24, 2.45) is 0 Å². The van der Waals surface area contributed by atoms with E-state index in [1.807, 2.05) is 6.07 Å². The molecular weight excluding hydrogens is 264 g/mol. The fourth-order valence-corrected chi connectivity index (χ4v) is 2.41. The molecule has 1 aromatic rings. The van der Waals surface area contributed by atoms with Gasteiger partial charge in [-0.25, -0.2) is 9.97 Å². The van der Waals surface area contributed by atoms with Crippen LogP contribution >= 0.6 is 0 Å². The van der Waals surface area contributed by atoms with Gasteiger partial charge in [-0.15, -0.1) is 0 Å². The molecule has 1 saturated heterocycles. The van der Waals surface area contributed by atoms with Crippen molar-refractivity contribution in [1.82, 2.24) is 9.97 Å². The number of rotatable bonds is 3. The van der Waals surface area contributed by atoms with E-state index >= 15 is 0 Å². The quantitative estimate of drug-likeness (QED) is 0.928. The third kappa shape index (κ3) is 3.84. The molecule has 0 radical (unpaired) electrons. The van der Waals surface area contributed by atoms with Crippen LogP contribution in [0.15, 0.2) is 6.07 Å². The normalized spacial score (nSPS) is 23.2. The molecule has 1 aromatic heterocycles. The molecule has 0 aromatic carbocycles. The van der Waals surface area contributed by atoms with Gasteiger partial charge < -0.3 is 15.0 Å². The van der Waals surface area contributed by atoms with E-state index in [2.05, 4.69) is 56.7 Å². The van der Waals surface area contributed by atoms with E-state index < -0.39 is 0 Å². The van der Waals surface area contributed by atoms with Gasteiger partial charge >= 0.3 is 0 Å².